The molecule has 0 aliphatic carbocycles. The number of methoxy groups -OCH3 is 1. The van der Waals surface area contributed by atoms with E-state index in [0.717, 1.165) is 31.5 Å². The lowest BCUT2D eigenvalue weighted by molar-refractivity contribution is -0.00467. The maximum Gasteiger partial charge on any atom is 0.0825 e. The second-order valence-electron chi connectivity index (χ2n) is 5.46. The van der Waals surface area contributed by atoms with E-state index in [1.807, 2.05) is 6.07 Å². The first-order valence-corrected chi connectivity index (χ1v) is 6.58. The van der Waals surface area contributed by atoms with Crippen molar-refractivity contribution in [1.29, 1.82) is 0 Å². The first kappa shape index (κ1) is 13.4. The summed E-state index contributed by atoms with van der Waals surface area (Å²) in [6, 6.07) is 6.18. The summed E-state index contributed by atoms with van der Waals surface area (Å²) in [5.74, 6) is 0. The molecule has 0 aromatic heterocycles. The molecule has 1 aromatic carbocycles. The number of aliphatic hydroxyl groups excluding tert-OH is 1. The number of benzene rings is 1. The van der Waals surface area contributed by atoms with E-state index in [9.17, 15) is 0 Å². The molecule has 0 saturated carbocycles. The van der Waals surface area contributed by atoms with Gasteiger partial charge in [0.15, 0.2) is 0 Å². The summed E-state index contributed by atoms with van der Waals surface area (Å²) < 4.78 is 5.63. The lowest BCUT2D eigenvalue weighted by Crippen LogP contribution is -2.47. The lowest BCUT2D eigenvalue weighted by atomic mass is 9.93. The van der Waals surface area contributed by atoms with E-state index in [2.05, 4.69) is 30.9 Å². The zero-order chi connectivity index (χ0) is 13.2. The van der Waals surface area contributed by atoms with Gasteiger partial charge >= 0.3 is 0 Å². The SMILES string of the molecule is COC1(C)CCCN(c2ccc(CO)cc2C)C1. The summed E-state index contributed by atoms with van der Waals surface area (Å²) in [6.07, 6.45) is 2.28. The molecular formula is C15H23NO2. The van der Waals surface area contributed by atoms with E-state index in [-0.39, 0.29) is 12.2 Å². The molecule has 1 fully saturated rings. The smallest absolute Gasteiger partial charge is 0.0825 e. The van der Waals surface area contributed by atoms with Crippen molar-refractivity contribution in [3.05, 3.63) is 29.3 Å². The van der Waals surface area contributed by atoms with Crippen LogP contribution in [0.5, 0.6) is 0 Å². The Kier molecular flexibility index (Phi) is 3.93. The van der Waals surface area contributed by atoms with E-state index < -0.39 is 0 Å². The molecule has 2 rings (SSSR count). The van der Waals surface area contributed by atoms with Crippen LogP contribution in [0, 0.1) is 6.92 Å². The Morgan fingerprint density at radius 3 is 2.83 bits per heavy atom. The third-order valence-corrected chi connectivity index (χ3v) is 3.94. The first-order valence-electron chi connectivity index (χ1n) is 6.58. The Labute approximate surface area is 109 Å². The minimum absolute atomic E-state index is 0.0413. The van der Waals surface area contributed by atoms with Crippen LogP contribution in [0.2, 0.25) is 0 Å². The average molecular weight is 249 g/mol. The molecule has 1 saturated heterocycles. The van der Waals surface area contributed by atoms with Crippen molar-refractivity contribution >= 4 is 5.69 Å². The molecule has 100 valence electrons. The van der Waals surface area contributed by atoms with E-state index in [0.29, 0.717) is 0 Å². The molecule has 1 heterocycles. The highest BCUT2D eigenvalue weighted by Gasteiger charge is 2.31. The quantitative estimate of drug-likeness (QED) is 0.893. The summed E-state index contributed by atoms with van der Waals surface area (Å²) in [6.45, 7) is 6.40. The predicted octanol–water partition coefficient (Wildman–Crippen LogP) is 2.49. The summed E-state index contributed by atoms with van der Waals surface area (Å²) in [7, 11) is 1.80. The Bertz CT molecular complexity index is 419. The van der Waals surface area contributed by atoms with Gasteiger partial charge in [-0.2, -0.15) is 0 Å². The van der Waals surface area contributed by atoms with Crippen LogP contribution in [0.4, 0.5) is 5.69 Å². The molecule has 0 bridgehead atoms. The maximum absolute atomic E-state index is 9.15. The Balaban J connectivity index is 2.21. The van der Waals surface area contributed by atoms with Crippen molar-refractivity contribution in [2.45, 2.75) is 38.9 Å². The Morgan fingerprint density at radius 1 is 1.44 bits per heavy atom. The highest BCUT2D eigenvalue weighted by Crippen LogP contribution is 2.30. The van der Waals surface area contributed by atoms with Crippen molar-refractivity contribution in [1.82, 2.24) is 0 Å². The van der Waals surface area contributed by atoms with Crippen LogP contribution < -0.4 is 4.90 Å². The maximum atomic E-state index is 9.15. The van der Waals surface area contributed by atoms with E-state index >= 15 is 0 Å². The fraction of sp³-hybridized carbons (Fsp3) is 0.600. The predicted molar refractivity (Wildman–Crippen MR) is 74.0 cm³/mol. The van der Waals surface area contributed by atoms with E-state index in [1.165, 1.54) is 11.3 Å². The third kappa shape index (κ3) is 2.68. The minimum atomic E-state index is -0.0413. The van der Waals surface area contributed by atoms with E-state index in [4.69, 9.17) is 9.84 Å². The van der Waals surface area contributed by atoms with Crippen LogP contribution in [0.25, 0.3) is 0 Å². The fourth-order valence-corrected chi connectivity index (χ4v) is 2.75. The highest BCUT2D eigenvalue weighted by atomic mass is 16.5. The van der Waals surface area contributed by atoms with Crippen LogP contribution in [0.1, 0.15) is 30.9 Å². The van der Waals surface area contributed by atoms with Crippen LogP contribution >= 0.6 is 0 Å². The van der Waals surface area contributed by atoms with E-state index in [1.54, 1.807) is 7.11 Å². The zero-order valence-electron chi connectivity index (χ0n) is 11.6. The van der Waals surface area contributed by atoms with Gasteiger partial charge in [0.1, 0.15) is 0 Å². The molecule has 1 unspecified atom stereocenters. The van der Waals surface area contributed by atoms with Gasteiger partial charge in [-0.05, 0) is 43.9 Å². The third-order valence-electron chi connectivity index (χ3n) is 3.94. The molecule has 0 amide bonds. The van der Waals surface area contributed by atoms with Gasteiger partial charge in [-0.3, -0.25) is 0 Å². The molecule has 1 atom stereocenters. The van der Waals surface area contributed by atoms with Gasteiger partial charge in [-0.25, -0.2) is 0 Å². The molecule has 18 heavy (non-hydrogen) atoms. The lowest BCUT2D eigenvalue weighted by Gasteiger charge is -2.41. The number of ether oxygens (including phenoxy) is 1. The van der Waals surface area contributed by atoms with Crippen molar-refractivity contribution in [3.8, 4) is 0 Å². The van der Waals surface area contributed by atoms with Gasteiger partial charge in [0.05, 0.1) is 12.2 Å². The molecule has 0 spiro atoms. The normalized spacial score (nSPS) is 24.3. The number of rotatable bonds is 3. The molecule has 1 aliphatic heterocycles. The van der Waals surface area contributed by atoms with Crippen molar-refractivity contribution < 1.29 is 9.84 Å². The van der Waals surface area contributed by atoms with Gasteiger partial charge in [-0.15, -0.1) is 0 Å². The zero-order valence-corrected chi connectivity index (χ0v) is 11.6. The number of hydrogen-bond donors (Lipinski definition) is 1. The molecule has 1 aliphatic rings. The van der Waals surface area contributed by atoms with Gasteiger partial charge in [0.25, 0.3) is 0 Å². The molecule has 3 heteroatoms. The highest BCUT2D eigenvalue weighted by molar-refractivity contribution is 5.55. The molecule has 1 N–H and O–H groups in total. The molecule has 3 nitrogen and oxygen atoms in total. The van der Waals surface area contributed by atoms with Crippen LogP contribution in [0.15, 0.2) is 18.2 Å². The molecule has 0 radical (unpaired) electrons. The monoisotopic (exact) mass is 249 g/mol. The summed E-state index contributed by atoms with van der Waals surface area (Å²) in [5, 5.41) is 9.15. The second kappa shape index (κ2) is 5.29. The number of aryl methyl sites for hydroxylation is 1. The van der Waals surface area contributed by atoms with Crippen molar-refractivity contribution in [3.63, 3.8) is 0 Å². The Hall–Kier alpha value is -1.06. The van der Waals surface area contributed by atoms with Crippen molar-refractivity contribution in [2.24, 2.45) is 0 Å². The summed E-state index contributed by atoms with van der Waals surface area (Å²) in [5.41, 5.74) is 3.42. The van der Waals surface area contributed by atoms with Gasteiger partial charge in [-0.1, -0.05) is 12.1 Å². The number of hydrogen-bond acceptors (Lipinski definition) is 3. The first-order chi connectivity index (χ1) is 8.58. The minimum Gasteiger partial charge on any atom is -0.392 e. The summed E-state index contributed by atoms with van der Waals surface area (Å²) >= 11 is 0. The molecule has 1 aromatic rings. The average Bonchev–Trinajstić information content (AvgIpc) is 2.38. The number of anilines is 1. The van der Waals surface area contributed by atoms with Crippen LogP contribution in [-0.4, -0.2) is 30.9 Å². The number of aliphatic hydroxyl groups is 1. The fourth-order valence-electron chi connectivity index (χ4n) is 2.75. The van der Waals surface area contributed by atoms with Crippen LogP contribution in [0.3, 0.4) is 0 Å². The largest absolute Gasteiger partial charge is 0.392 e. The Morgan fingerprint density at radius 2 is 2.22 bits per heavy atom. The standard InChI is InChI=1S/C15H23NO2/c1-12-9-13(10-17)5-6-14(12)16-8-4-7-15(2,11-16)18-3/h5-6,9,17H,4,7-8,10-11H2,1-3H3. The molecular weight excluding hydrogens is 226 g/mol. The summed E-state index contributed by atoms with van der Waals surface area (Å²) in [4.78, 5) is 2.39. The number of piperidine rings is 1. The second-order valence-corrected chi connectivity index (χ2v) is 5.46. The number of nitrogens with zero attached hydrogens (tertiary/aromatic N) is 1. The van der Waals surface area contributed by atoms with Crippen LogP contribution in [-0.2, 0) is 11.3 Å². The van der Waals surface area contributed by atoms with Crippen molar-refractivity contribution in [2.75, 3.05) is 25.1 Å². The van der Waals surface area contributed by atoms with Gasteiger partial charge < -0.3 is 14.7 Å². The van der Waals surface area contributed by atoms with Gasteiger partial charge in [0.2, 0.25) is 0 Å². The topological polar surface area (TPSA) is 32.7 Å². The van der Waals surface area contributed by atoms with Gasteiger partial charge in [0, 0.05) is 25.9 Å².